The maximum absolute atomic E-state index is 12.1. The third-order valence-electron chi connectivity index (χ3n) is 2.65. The Morgan fingerprint density at radius 3 is 1.69 bits per heavy atom. The summed E-state index contributed by atoms with van der Waals surface area (Å²) in [4.78, 5) is 12.1. The Balaban J connectivity index is 3.66. The molecular weight excluding hydrogens is 202 g/mol. The number of hydrogen-bond acceptors (Lipinski definition) is 2. The van der Waals surface area contributed by atoms with E-state index in [2.05, 4.69) is 20.8 Å². The number of nitrogens with two attached hydrogens (primary N) is 1. The van der Waals surface area contributed by atoms with E-state index in [1.54, 1.807) is 4.68 Å². The number of aromatic nitrogens is 2. The molecule has 2 N–H and O–H groups in total. The van der Waals surface area contributed by atoms with Crippen molar-refractivity contribution in [2.75, 3.05) is 5.73 Å². The largest absolute Gasteiger partial charge is 0.393 e. The van der Waals surface area contributed by atoms with Crippen LogP contribution in [-0.4, -0.2) is 9.36 Å². The number of hydrogen-bond donors (Lipinski definition) is 1. The molecule has 0 saturated carbocycles. The molecule has 0 aliphatic heterocycles. The summed E-state index contributed by atoms with van der Waals surface area (Å²) >= 11 is 0. The molecule has 92 valence electrons. The molecule has 1 rings (SSSR count). The van der Waals surface area contributed by atoms with Crippen LogP contribution in [0.1, 0.15) is 47.2 Å². The van der Waals surface area contributed by atoms with Gasteiger partial charge in [-0.1, -0.05) is 20.8 Å². The number of rotatable bonds is 0. The van der Waals surface area contributed by atoms with Gasteiger partial charge in [0.05, 0.1) is 11.2 Å². The van der Waals surface area contributed by atoms with Crippen LogP contribution in [0.5, 0.6) is 0 Å². The minimum Gasteiger partial charge on any atom is -0.393 e. The predicted octanol–water partition coefficient (Wildman–Crippen LogP) is 1.82. The van der Waals surface area contributed by atoms with Gasteiger partial charge in [0.15, 0.2) is 0 Å². The lowest BCUT2D eigenvalue weighted by Gasteiger charge is -2.26. The van der Waals surface area contributed by atoms with Crippen molar-refractivity contribution in [3.05, 3.63) is 16.0 Å². The molecule has 16 heavy (non-hydrogen) atoms. The highest BCUT2D eigenvalue weighted by Gasteiger charge is 2.29. The molecule has 4 nitrogen and oxygen atoms in total. The third-order valence-corrected chi connectivity index (χ3v) is 2.65. The minimum atomic E-state index is -0.260. The van der Waals surface area contributed by atoms with Crippen molar-refractivity contribution in [2.45, 2.75) is 52.5 Å². The minimum absolute atomic E-state index is 0.0973. The van der Waals surface area contributed by atoms with Crippen LogP contribution in [0.25, 0.3) is 0 Å². The average molecular weight is 225 g/mol. The van der Waals surface area contributed by atoms with Crippen molar-refractivity contribution >= 4 is 5.69 Å². The molecule has 1 heterocycles. The molecule has 0 saturated heterocycles. The molecular formula is C12H23N3O. The summed E-state index contributed by atoms with van der Waals surface area (Å²) in [7, 11) is 1.89. The van der Waals surface area contributed by atoms with Crippen LogP contribution in [-0.2, 0) is 18.0 Å². The van der Waals surface area contributed by atoms with E-state index in [4.69, 9.17) is 5.73 Å². The summed E-state index contributed by atoms with van der Waals surface area (Å²) in [5.41, 5.74) is 6.71. The fourth-order valence-corrected chi connectivity index (χ4v) is 2.27. The van der Waals surface area contributed by atoms with Gasteiger partial charge in [0.1, 0.15) is 5.69 Å². The number of anilines is 1. The Morgan fingerprint density at radius 2 is 1.50 bits per heavy atom. The Bertz CT molecular complexity index is 452. The third kappa shape index (κ3) is 1.88. The van der Waals surface area contributed by atoms with Crippen LogP contribution in [0.3, 0.4) is 0 Å². The first kappa shape index (κ1) is 12.9. The number of nitrogen functional groups attached to an aromatic ring is 1. The van der Waals surface area contributed by atoms with E-state index in [1.807, 2.05) is 32.5 Å². The molecule has 0 aliphatic carbocycles. The molecule has 1 aromatic rings. The Labute approximate surface area is 97.0 Å². The average Bonchev–Trinajstić information content (AvgIpc) is 2.19. The fourth-order valence-electron chi connectivity index (χ4n) is 2.27. The summed E-state index contributed by atoms with van der Waals surface area (Å²) < 4.78 is 3.60. The van der Waals surface area contributed by atoms with Gasteiger partial charge < -0.3 is 5.73 Å². The molecule has 0 aliphatic rings. The van der Waals surface area contributed by atoms with Crippen LogP contribution in [0.15, 0.2) is 4.79 Å². The fraction of sp³-hybridized carbons (Fsp3) is 0.750. The van der Waals surface area contributed by atoms with Crippen molar-refractivity contribution < 1.29 is 0 Å². The Morgan fingerprint density at radius 1 is 1.06 bits per heavy atom. The first-order chi connectivity index (χ1) is 6.98. The van der Waals surface area contributed by atoms with Crippen LogP contribution >= 0.6 is 0 Å². The monoisotopic (exact) mass is 225 g/mol. The van der Waals surface area contributed by atoms with Gasteiger partial charge in [0.25, 0.3) is 5.56 Å². The molecule has 0 spiro atoms. The van der Waals surface area contributed by atoms with E-state index in [0.717, 1.165) is 5.69 Å². The second-order valence-corrected chi connectivity index (χ2v) is 6.32. The van der Waals surface area contributed by atoms with Gasteiger partial charge in [-0.3, -0.25) is 9.48 Å². The summed E-state index contributed by atoms with van der Waals surface area (Å²) in [6, 6.07) is 0. The van der Waals surface area contributed by atoms with Crippen molar-refractivity contribution in [2.24, 2.45) is 7.05 Å². The Hall–Kier alpha value is -1.19. The summed E-state index contributed by atoms with van der Waals surface area (Å²) in [6.07, 6.45) is 0. The van der Waals surface area contributed by atoms with E-state index in [-0.39, 0.29) is 16.5 Å². The molecule has 1 aromatic heterocycles. The van der Waals surface area contributed by atoms with Crippen molar-refractivity contribution in [3.8, 4) is 0 Å². The van der Waals surface area contributed by atoms with E-state index in [0.29, 0.717) is 5.69 Å². The number of nitrogens with zero attached hydrogens (tertiary/aromatic N) is 2. The van der Waals surface area contributed by atoms with Gasteiger partial charge >= 0.3 is 0 Å². The SMILES string of the molecule is Cn1c(C(C)(C)C)c(N)c(=O)n1C(C)(C)C. The molecule has 0 unspecified atom stereocenters. The predicted molar refractivity (Wildman–Crippen MR) is 67.8 cm³/mol. The molecule has 0 radical (unpaired) electrons. The second-order valence-electron chi connectivity index (χ2n) is 6.32. The maximum Gasteiger partial charge on any atom is 0.290 e. The van der Waals surface area contributed by atoms with Gasteiger partial charge in [0, 0.05) is 12.5 Å². The van der Waals surface area contributed by atoms with Gasteiger partial charge in [-0.2, -0.15) is 0 Å². The topological polar surface area (TPSA) is 52.9 Å². The molecule has 0 bridgehead atoms. The van der Waals surface area contributed by atoms with E-state index < -0.39 is 0 Å². The molecule has 4 heteroatoms. The zero-order valence-corrected chi connectivity index (χ0v) is 11.4. The van der Waals surface area contributed by atoms with Crippen LogP contribution < -0.4 is 11.3 Å². The van der Waals surface area contributed by atoms with Gasteiger partial charge in [0.2, 0.25) is 0 Å². The van der Waals surface area contributed by atoms with Crippen LogP contribution in [0, 0.1) is 0 Å². The lowest BCUT2D eigenvalue weighted by Crippen LogP contribution is -2.36. The highest BCUT2D eigenvalue weighted by molar-refractivity contribution is 5.45. The first-order valence-electron chi connectivity index (χ1n) is 5.56. The second kappa shape index (κ2) is 3.40. The highest BCUT2D eigenvalue weighted by atomic mass is 16.1. The molecule has 0 amide bonds. The first-order valence-corrected chi connectivity index (χ1v) is 5.56. The van der Waals surface area contributed by atoms with E-state index in [9.17, 15) is 4.79 Å². The smallest absolute Gasteiger partial charge is 0.290 e. The summed E-state index contributed by atoms with van der Waals surface area (Å²) in [6.45, 7) is 12.2. The lowest BCUT2D eigenvalue weighted by molar-refractivity contribution is 0.291. The molecule has 0 atom stereocenters. The maximum atomic E-state index is 12.1. The molecule has 0 fully saturated rings. The van der Waals surface area contributed by atoms with Crippen molar-refractivity contribution in [1.82, 2.24) is 9.36 Å². The molecule has 0 aromatic carbocycles. The Kier molecular flexibility index (Phi) is 2.74. The summed E-state index contributed by atoms with van der Waals surface area (Å²) in [5, 5.41) is 0. The van der Waals surface area contributed by atoms with Crippen molar-refractivity contribution in [3.63, 3.8) is 0 Å². The standard InChI is InChI=1S/C12H23N3O/c1-11(2,3)9-8(13)10(16)15(14(9)7)12(4,5)6/h13H2,1-7H3. The van der Waals surface area contributed by atoms with Gasteiger partial charge in [-0.15, -0.1) is 0 Å². The van der Waals surface area contributed by atoms with Gasteiger partial charge in [-0.25, -0.2) is 4.68 Å². The van der Waals surface area contributed by atoms with Crippen LogP contribution in [0.2, 0.25) is 0 Å². The van der Waals surface area contributed by atoms with Crippen LogP contribution in [0.4, 0.5) is 5.69 Å². The van der Waals surface area contributed by atoms with E-state index in [1.165, 1.54) is 0 Å². The summed E-state index contributed by atoms with van der Waals surface area (Å²) in [5.74, 6) is 0. The highest BCUT2D eigenvalue weighted by Crippen LogP contribution is 2.27. The quantitative estimate of drug-likeness (QED) is 0.732. The van der Waals surface area contributed by atoms with Crippen molar-refractivity contribution in [1.29, 1.82) is 0 Å². The van der Waals surface area contributed by atoms with Gasteiger partial charge in [-0.05, 0) is 20.8 Å². The zero-order valence-electron chi connectivity index (χ0n) is 11.4. The van der Waals surface area contributed by atoms with E-state index >= 15 is 0 Å². The normalized spacial score (nSPS) is 13.2. The lowest BCUT2D eigenvalue weighted by atomic mass is 9.91. The zero-order chi connectivity index (χ0) is 12.9.